The van der Waals surface area contributed by atoms with Crippen molar-refractivity contribution in [2.75, 3.05) is 4.90 Å². The van der Waals surface area contributed by atoms with Gasteiger partial charge < -0.3 is 18.6 Å². The Morgan fingerprint density at radius 3 is 1.08 bits per heavy atom. The maximum atomic E-state index is 3.64. The van der Waals surface area contributed by atoms with Gasteiger partial charge in [-0.05, 0) is 121 Å². The van der Waals surface area contributed by atoms with E-state index in [1.54, 1.807) is 0 Å². The highest BCUT2D eigenvalue weighted by Crippen LogP contribution is 2.41. The summed E-state index contributed by atoms with van der Waals surface area (Å²) in [5.74, 6) is 0. The Hall–Kier alpha value is -7.28. The average Bonchev–Trinajstić information content (AvgIpc) is 3.95. The van der Waals surface area contributed by atoms with Crippen LogP contribution in [-0.2, 0) is 0 Å². The number of fused-ring (bicyclic) bond motifs is 9. The molecule has 0 aliphatic heterocycles. The monoisotopic (exact) mass is 843 g/mol. The molecule has 0 unspecified atom stereocenters. The third-order valence-corrected chi connectivity index (χ3v) is 12.9. The molecule has 1 radical (unpaired) electrons. The zero-order valence-electron chi connectivity index (χ0n) is 33.4. The largest absolute Gasteiger partial charge is 0.311 e. The van der Waals surface area contributed by atoms with Gasteiger partial charge in [0.05, 0.1) is 33.1 Å². The second kappa shape index (κ2) is 14.2. The van der Waals surface area contributed by atoms with Crippen molar-refractivity contribution < 1.29 is 0 Å². The number of benzene rings is 9. The lowest BCUT2D eigenvalue weighted by molar-refractivity contribution is 1.16. The Balaban J connectivity index is 1.08. The van der Waals surface area contributed by atoms with Gasteiger partial charge in [-0.2, -0.15) is 0 Å². The highest BCUT2D eigenvalue weighted by Gasteiger charge is 2.20. The van der Waals surface area contributed by atoms with E-state index >= 15 is 0 Å². The lowest BCUT2D eigenvalue weighted by atomic mass is 9.73. The van der Waals surface area contributed by atoms with Crippen LogP contribution in [0, 0.1) is 0 Å². The van der Waals surface area contributed by atoms with E-state index in [1.807, 2.05) is 0 Å². The average molecular weight is 845 g/mol. The van der Waals surface area contributed by atoms with Crippen LogP contribution in [0.5, 0.6) is 0 Å². The quantitative estimate of drug-likeness (QED) is 0.146. The van der Waals surface area contributed by atoms with Gasteiger partial charge in [0, 0.05) is 70.9 Å². The summed E-state index contributed by atoms with van der Waals surface area (Å²) >= 11 is 3.64. The van der Waals surface area contributed by atoms with Gasteiger partial charge in [0.1, 0.15) is 7.28 Å². The molecule has 12 rings (SSSR count). The molecule has 0 aliphatic rings. The SMILES string of the molecule is C[B]c1ccc(N(c2ccc(Br)cc2)c2ccc(-n3c4ccc(-n5c6ccccc6c6ccccc65)cc4c4cc(-n5c6ccccc6c6ccccc65)ccc43)cc2)cc1. The van der Waals surface area contributed by atoms with Crippen LogP contribution in [-0.4, -0.2) is 21.0 Å². The number of nitrogens with zero attached hydrogens (tertiary/aromatic N) is 4. The van der Waals surface area contributed by atoms with Crippen molar-refractivity contribution in [2.24, 2.45) is 0 Å². The summed E-state index contributed by atoms with van der Waals surface area (Å²) in [6.45, 7) is 2.07. The zero-order valence-corrected chi connectivity index (χ0v) is 35.0. The minimum absolute atomic E-state index is 1.05. The lowest BCUT2D eigenvalue weighted by Crippen LogP contribution is -2.13. The van der Waals surface area contributed by atoms with E-state index in [-0.39, 0.29) is 0 Å². The van der Waals surface area contributed by atoms with E-state index in [2.05, 4.69) is 255 Å². The van der Waals surface area contributed by atoms with E-state index in [0.717, 1.165) is 49.6 Å². The first-order chi connectivity index (χ1) is 30.1. The molecular weight excluding hydrogens is 807 g/mol. The number of rotatable bonds is 7. The van der Waals surface area contributed by atoms with E-state index in [4.69, 9.17) is 0 Å². The third-order valence-electron chi connectivity index (χ3n) is 12.3. The summed E-state index contributed by atoms with van der Waals surface area (Å²) in [5, 5.41) is 7.42. The van der Waals surface area contributed by atoms with Crippen molar-refractivity contribution in [3.8, 4) is 17.1 Å². The van der Waals surface area contributed by atoms with Crippen LogP contribution in [0.2, 0.25) is 6.82 Å². The molecule has 0 saturated heterocycles. The van der Waals surface area contributed by atoms with Crippen LogP contribution in [0.3, 0.4) is 0 Å². The van der Waals surface area contributed by atoms with Gasteiger partial charge in [-0.1, -0.05) is 113 Å². The van der Waals surface area contributed by atoms with Crippen LogP contribution in [0.4, 0.5) is 17.1 Å². The van der Waals surface area contributed by atoms with Crippen LogP contribution in [0.15, 0.2) is 211 Å². The first-order valence-corrected chi connectivity index (χ1v) is 21.5. The zero-order chi connectivity index (χ0) is 40.6. The molecule has 0 bridgehead atoms. The molecule has 3 aromatic heterocycles. The first-order valence-electron chi connectivity index (χ1n) is 20.7. The normalized spacial score (nSPS) is 11.8. The minimum atomic E-state index is 1.05. The molecule has 0 spiro atoms. The second-order valence-electron chi connectivity index (χ2n) is 15.7. The smallest absolute Gasteiger partial charge is 0.148 e. The summed E-state index contributed by atoms with van der Waals surface area (Å²) in [4.78, 5) is 2.32. The molecule has 12 aromatic rings. The molecule has 6 heteroatoms. The summed E-state index contributed by atoms with van der Waals surface area (Å²) in [5.41, 5.74) is 15.0. The maximum Gasteiger partial charge on any atom is 0.148 e. The van der Waals surface area contributed by atoms with Gasteiger partial charge in [0.15, 0.2) is 0 Å². The maximum absolute atomic E-state index is 3.64. The molecular formula is C55H37BBrN4. The molecule has 9 aromatic carbocycles. The number of aromatic nitrogens is 3. The Morgan fingerprint density at radius 1 is 0.344 bits per heavy atom. The molecule has 0 atom stereocenters. The van der Waals surface area contributed by atoms with Gasteiger partial charge in [0.25, 0.3) is 0 Å². The number of halogens is 1. The highest BCUT2D eigenvalue weighted by molar-refractivity contribution is 9.10. The van der Waals surface area contributed by atoms with Crippen LogP contribution < -0.4 is 10.4 Å². The van der Waals surface area contributed by atoms with Crippen molar-refractivity contribution in [1.29, 1.82) is 0 Å². The van der Waals surface area contributed by atoms with Gasteiger partial charge in [0.2, 0.25) is 0 Å². The Morgan fingerprint density at radius 2 is 0.672 bits per heavy atom. The third kappa shape index (κ3) is 5.67. The first kappa shape index (κ1) is 35.7. The number of anilines is 3. The molecule has 4 nitrogen and oxygen atoms in total. The molecule has 0 fully saturated rings. The van der Waals surface area contributed by atoms with Gasteiger partial charge in [-0.3, -0.25) is 0 Å². The molecule has 3 heterocycles. The van der Waals surface area contributed by atoms with Gasteiger partial charge in [-0.25, -0.2) is 0 Å². The van der Waals surface area contributed by atoms with Crippen molar-refractivity contribution in [3.63, 3.8) is 0 Å². The lowest BCUT2D eigenvalue weighted by Gasteiger charge is -2.26. The van der Waals surface area contributed by atoms with Crippen LogP contribution in [0.25, 0.3) is 82.5 Å². The predicted molar refractivity (Wildman–Crippen MR) is 263 cm³/mol. The molecule has 0 saturated carbocycles. The fourth-order valence-corrected chi connectivity index (χ4v) is 9.83. The molecule has 61 heavy (non-hydrogen) atoms. The van der Waals surface area contributed by atoms with E-state index in [9.17, 15) is 0 Å². The fourth-order valence-electron chi connectivity index (χ4n) is 9.56. The van der Waals surface area contributed by atoms with E-state index in [1.165, 1.54) is 59.8 Å². The summed E-state index contributed by atoms with van der Waals surface area (Å²) in [6, 6.07) is 75.2. The Kier molecular flexibility index (Phi) is 8.29. The number of hydrogen-bond acceptors (Lipinski definition) is 1. The standard InChI is InChI=1S/C55H37BBrN4/c1-56-36-18-22-38(23-19-36)58(39-24-20-37(57)21-25-39)40-26-28-41(29-27-40)59-54-32-30-42(60-50-14-6-2-10-44(50)45-11-3-7-15-51(45)60)34-48(54)49-35-43(31-33-55(49)59)61-52-16-8-4-12-46(52)47-13-5-9-17-53(47)61/h2-35H,1H3. The predicted octanol–water partition coefficient (Wildman–Crippen LogP) is 14.6. The molecule has 0 N–H and O–H groups in total. The van der Waals surface area contributed by atoms with Crippen LogP contribution in [0.1, 0.15) is 0 Å². The van der Waals surface area contributed by atoms with Crippen molar-refractivity contribution in [3.05, 3.63) is 211 Å². The number of para-hydroxylation sites is 4. The van der Waals surface area contributed by atoms with Crippen LogP contribution >= 0.6 is 15.9 Å². The Labute approximate surface area is 362 Å². The minimum Gasteiger partial charge on any atom is -0.311 e. The van der Waals surface area contributed by atoms with Crippen molar-refractivity contribution in [2.45, 2.75) is 6.82 Å². The van der Waals surface area contributed by atoms with Gasteiger partial charge >= 0.3 is 0 Å². The van der Waals surface area contributed by atoms with Gasteiger partial charge in [-0.15, -0.1) is 0 Å². The summed E-state index contributed by atoms with van der Waals surface area (Å²) < 4.78 is 8.31. The molecule has 0 aliphatic carbocycles. The molecule has 0 amide bonds. The molecule has 287 valence electrons. The van der Waals surface area contributed by atoms with E-state index < -0.39 is 0 Å². The topological polar surface area (TPSA) is 18.0 Å². The number of hydrogen-bond donors (Lipinski definition) is 0. The fraction of sp³-hybridized carbons (Fsp3) is 0.0182. The highest BCUT2D eigenvalue weighted by atomic mass is 79.9. The summed E-state index contributed by atoms with van der Waals surface area (Å²) in [7, 11) is 2.13. The summed E-state index contributed by atoms with van der Waals surface area (Å²) in [6.07, 6.45) is 0. The van der Waals surface area contributed by atoms with Crippen molar-refractivity contribution in [1.82, 2.24) is 13.7 Å². The van der Waals surface area contributed by atoms with E-state index in [0.29, 0.717) is 0 Å². The second-order valence-corrected chi connectivity index (χ2v) is 16.6. The van der Waals surface area contributed by atoms with Crippen molar-refractivity contribution >= 4 is 111 Å². The Bertz CT molecular complexity index is 3360.